The van der Waals surface area contributed by atoms with Crippen molar-refractivity contribution in [1.82, 2.24) is 5.32 Å². The van der Waals surface area contributed by atoms with Crippen LogP contribution in [0.15, 0.2) is 29.2 Å². The first kappa shape index (κ1) is 16.2. The molecule has 19 heavy (non-hydrogen) atoms. The Labute approximate surface area is 122 Å². The van der Waals surface area contributed by atoms with E-state index in [0.717, 1.165) is 30.8 Å². The van der Waals surface area contributed by atoms with E-state index in [-0.39, 0.29) is 10.8 Å². The SMILES string of the molecule is CS(=O)(=O)c1ccc(C(=O)NCCCCCBr)cc1. The van der Waals surface area contributed by atoms with Gasteiger partial charge in [0.2, 0.25) is 0 Å². The minimum Gasteiger partial charge on any atom is -0.352 e. The summed E-state index contributed by atoms with van der Waals surface area (Å²) in [6.07, 6.45) is 4.25. The number of rotatable bonds is 7. The van der Waals surface area contributed by atoms with Crippen LogP contribution in [0.1, 0.15) is 29.6 Å². The summed E-state index contributed by atoms with van der Waals surface area (Å²) < 4.78 is 22.6. The van der Waals surface area contributed by atoms with Crippen molar-refractivity contribution >= 4 is 31.7 Å². The molecule has 0 spiro atoms. The Morgan fingerprint density at radius 1 is 1.16 bits per heavy atom. The van der Waals surface area contributed by atoms with Gasteiger partial charge in [-0.25, -0.2) is 8.42 Å². The van der Waals surface area contributed by atoms with Crippen molar-refractivity contribution in [2.75, 3.05) is 18.1 Å². The third-order valence-corrected chi connectivity index (χ3v) is 4.33. The van der Waals surface area contributed by atoms with Crippen LogP contribution in [0.3, 0.4) is 0 Å². The van der Waals surface area contributed by atoms with Gasteiger partial charge in [0, 0.05) is 23.7 Å². The molecular weight excluding hydrogens is 330 g/mol. The molecule has 0 aliphatic carbocycles. The molecule has 1 aromatic carbocycles. The van der Waals surface area contributed by atoms with Gasteiger partial charge in [-0.1, -0.05) is 22.4 Å². The van der Waals surface area contributed by atoms with Crippen LogP contribution in [0.4, 0.5) is 0 Å². The second kappa shape index (κ2) is 7.65. The molecule has 0 unspecified atom stereocenters. The molecule has 0 bridgehead atoms. The van der Waals surface area contributed by atoms with Crippen molar-refractivity contribution in [3.05, 3.63) is 29.8 Å². The lowest BCUT2D eigenvalue weighted by Gasteiger charge is -2.05. The van der Waals surface area contributed by atoms with Gasteiger partial charge >= 0.3 is 0 Å². The third-order valence-electron chi connectivity index (χ3n) is 2.64. The lowest BCUT2D eigenvalue weighted by molar-refractivity contribution is 0.0953. The van der Waals surface area contributed by atoms with Gasteiger partial charge in [-0.15, -0.1) is 0 Å². The zero-order valence-electron chi connectivity index (χ0n) is 10.9. The Hall–Kier alpha value is -0.880. The van der Waals surface area contributed by atoms with Gasteiger partial charge in [0.05, 0.1) is 4.90 Å². The minimum atomic E-state index is -3.21. The molecule has 106 valence electrons. The summed E-state index contributed by atoms with van der Waals surface area (Å²) in [5.41, 5.74) is 0.480. The summed E-state index contributed by atoms with van der Waals surface area (Å²) in [5.74, 6) is -0.168. The number of alkyl halides is 1. The van der Waals surface area contributed by atoms with Gasteiger partial charge in [-0.2, -0.15) is 0 Å². The van der Waals surface area contributed by atoms with E-state index in [1.165, 1.54) is 24.3 Å². The maximum atomic E-state index is 11.8. The van der Waals surface area contributed by atoms with Crippen LogP contribution in [-0.2, 0) is 9.84 Å². The summed E-state index contributed by atoms with van der Waals surface area (Å²) in [5, 5.41) is 3.79. The number of sulfone groups is 1. The monoisotopic (exact) mass is 347 g/mol. The van der Waals surface area contributed by atoms with Gasteiger partial charge in [-0.05, 0) is 37.1 Å². The summed E-state index contributed by atoms with van der Waals surface area (Å²) in [4.78, 5) is 12.0. The van der Waals surface area contributed by atoms with Crippen molar-refractivity contribution in [2.24, 2.45) is 0 Å². The number of benzene rings is 1. The van der Waals surface area contributed by atoms with Crippen molar-refractivity contribution in [3.8, 4) is 0 Å². The highest BCUT2D eigenvalue weighted by atomic mass is 79.9. The topological polar surface area (TPSA) is 63.2 Å². The average Bonchev–Trinajstić information content (AvgIpc) is 2.37. The Bertz CT molecular complexity index is 511. The van der Waals surface area contributed by atoms with Gasteiger partial charge in [-0.3, -0.25) is 4.79 Å². The average molecular weight is 348 g/mol. The number of carbonyl (C=O) groups is 1. The summed E-state index contributed by atoms with van der Waals surface area (Å²) in [6.45, 7) is 0.639. The zero-order chi connectivity index (χ0) is 14.3. The second-order valence-corrected chi connectivity index (χ2v) is 7.11. The number of halogens is 1. The van der Waals surface area contributed by atoms with Crippen LogP contribution >= 0.6 is 15.9 Å². The van der Waals surface area contributed by atoms with Crippen molar-refractivity contribution in [2.45, 2.75) is 24.2 Å². The highest BCUT2D eigenvalue weighted by Gasteiger charge is 2.09. The largest absolute Gasteiger partial charge is 0.352 e. The van der Waals surface area contributed by atoms with E-state index in [9.17, 15) is 13.2 Å². The molecule has 4 nitrogen and oxygen atoms in total. The molecule has 0 fully saturated rings. The fourth-order valence-electron chi connectivity index (χ4n) is 1.55. The first-order valence-electron chi connectivity index (χ1n) is 6.09. The molecule has 0 saturated heterocycles. The van der Waals surface area contributed by atoms with E-state index >= 15 is 0 Å². The quantitative estimate of drug-likeness (QED) is 0.608. The predicted molar refractivity (Wildman–Crippen MR) is 79.5 cm³/mol. The number of hydrogen-bond donors (Lipinski definition) is 1. The number of carbonyl (C=O) groups excluding carboxylic acids is 1. The Morgan fingerprint density at radius 3 is 2.32 bits per heavy atom. The summed E-state index contributed by atoms with van der Waals surface area (Å²) in [6, 6.07) is 5.97. The molecule has 0 radical (unpaired) electrons. The molecule has 1 aromatic rings. The van der Waals surface area contributed by atoms with Crippen molar-refractivity contribution in [1.29, 1.82) is 0 Å². The third kappa shape index (κ3) is 5.74. The Kier molecular flexibility index (Phi) is 6.51. The molecular formula is C13H18BrNO3S. The van der Waals surface area contributed by atoms with E-state index in [1.54, 1.807) is 0 Å². The smallest absolute Gasteiger partial charge is 0.251 e. The molecule has 0 aliphatic heterocycles. The molecule has 0 aliphatic rings. The minimum absolute atomic E-state index is 0.168. The lowest BCUT2D eigenvalue weighted by atomic mass is 10.2. The first-order valence-corrected chi connectivity index (χ1v) is 9.10. The van der Waals surface area contributed by atoms with Gasteiger partial charge in [0.15, 0.2) is 9.84 Å². The Morgan fingerprint density at radius 2 is 1.79 bits per heavy atom. The zero-order valence-corrected chi connectivity index (χ0v) is 13.3. The van der Waals surface area contributed by atoms with E-state index in [0.29, 0.717) is 12.1 Å². The maximum Gasteiger partial charge on any atom is 0.251 e. The standard InChI is InChI=1S/C13H18BrNO3S/c1-19(17,18)12-7-5-11(6-8-12)13(16)15-10-4-2-3-9-14/h5-8H,2-4,9-10H2,1H3,(H,15,16). The molecule has 1 amide bonds. The number of nitrogens with one attached hydrogen (secondary N) is 1. The normalized spacial score (nSPS) is 11.3. The molecule has 1 N–H and O–H groups in total. The fourth-order valence-corrected chi connectivity index (χ4v) is 2.58. The van der Waals surface area contributed by atoms with Gasteiger partial charge < -0.3 is 5.32 Å². The molecule has 0 saturated carbocycles. The van der Waals surface area contributed by atoms with Crippen LogP contribution in [0.25, 0.3) is 0 Å². The van der Waals surface area contributed by atoms with Crippen molar-refractivity contribution in [3.63, 3.8) is 0 Å². The van der Waals surface area contributed by atoms with Crippen LogP contribution in [0.5, 0.6) is 0 Å². The van der Waals surface area contributed by atoms with E-state index in [1.807, 2.05) is 0 Å². The van der Waals surface area contributed by atoms with Gasteiger partial charge in [0.25, 0.3) is 5.91 Å². The fraction of sp³-hybridized carbons (Fsp3) is 0.462. The molecule has 0 atom stereocenters. The predicted octanol–water partition coefficient (Wildman–Crippen LogP) is 2.39. The van der Waals surface area contributed by atoms with Crippen LogP contribution in [0.2, 0.25) is 0 Å². The summed E-state index contributed by atoms with van der Waals surface area (Å²) in [7, 11) is -3.21. The van der Waals surface area contributed by atoms with Gasteiger partial charge in [0.1, 0.15) is 0 Å². The molecule has 1 rings (SSSR count). The number of amides is 1. The Balaban J connectivity index is 2.50. The number of hydrogen-bond acceptors (Lipinski definition) is 3. The lowest BCUT2D eigenvalue weighted by Crippen LogP contribution is -2.24. The number of unbranched alkanes of at least 4 members (excludes halogenated alkanes) is 2. The van der Waals surface area contributed by atoms with Crippen LogP contribution in [-0.4, -0.2) is 32.5 Å². The van der Waals surface area contributed by atoms with Crippen molar-refractivity contribution < 1.29 is 13.2 Å². The van der Waals surface area contributed by atoms with E-state index in [4.69, 9.17) is 0 Å². The highest BCUT2D eigenvalue weighted by molar-refractivity contribution is 9.09. The van der Waals surface area contributed by atoms with Crippen LogP contribution < -0.4 is 5.32 Å². The van der Waals surface area contributed by atoms with E-state index < -0.39 is 9.84 Å². The van der Waals surface area contributed by atoms with E-state index in [2.05, 4.69) is 21.2 Å². The highest BCUT2D eigenvalue weighted by Crippen LogP contribution is 2.10. The molecule has 6 heteroatoms. The molecule has 0 heterocycles. The summed E-state index contributed by atoms with van der Waals surface area (Å²) >= 11 is 3.35. The first-order chi connectivity index (χ1) is 8.95. The molecule has 0 aromatic heterocycles. The second-order valence-electron chi connectivity index (χ2n) is 4.30. The maximum absolute atomic E-state index is 11.8. The van der Waals surface area contributed by atoms with Crippen LogP contribution in [0, 0.1) is 0 Å².